The van der Waals surface area contributed by atoms with Crippen molar-refractivity contribution in [3.8, 4) is 5.75 Å². The maximum absolute atomic E-state index is 12.7. The molecule has 2 unspecified atom stereocenters. The van der Waals surface area contributed by atoms with E-state index in [9.17, 15) is 9.59 Å². The van der Waals surface area contributed by atoms with Crippen molar-refractivity contribution in [2.24, 2.45) is 0 Å². The number of hydrogen-bond donors (Lipinski definition) is 2. The number of fused-ring (bicyclic) bond motifs is 1. The molecule has 6 heteroatoms. The van der Waals surface area contributed by atoms with Crippen LogP contribution in [0.3, 0.4) is 0 Å². The molecule has 0 aromatic heterocycles. The highest BCUT2D eigenvalue weighted by Gasteiger charge is 2.31. The number of carbonyl (C=O) groups is 2. The number of likely N-dealkylation sites (tertiary alicyclic amines) is 1. The molecule has 2 atom stereocenters. The Morgan fingerprint density at radius 3 is 2.55 bits per heavy atom. The van der Waals surface area contributed by atoms with Crippen molar-refractivity contribution in [2.75, 3.05) is 6.54 Å². The molecule has 1 aliphatic rings. The third-order valence-corrected chi connectivity index (χ3v) is 5.61. The summed E-state index contributed by atoms with van der Waals surface area (Å²) >= 11 is 0. The van der Waals surface area contributed by atoms with Crippen LogP contribution in [0.25, 0.3) is 10.8 Å². The first-order valence-corrected chi connectivity index (χ1v) is 10.6. The molecular formula is C25H27N3O3. The van der Waals surface area contributed by atoms with Gasteiger partial charge in [0, 0.05) is 6.54 Å². The zero-order chi connectivity index (χ0) is 21.6. The topological polar surface area (TPSA) is 70.7 Å². The van der Waals surface area contributed by atoms with Crippen LogP contribution in [0.1, 0.15) is 25.3 Å². The van der Waals surface area contributed by atoms with E-state index in [1.54, 1.807) is 6.92 Å². The van der Waals surface area contributed by atoms with Gasteiger partial charge in [-0.05, 0) is 54.8 Å². The summed E-state index contributed by atoms with van der Waals surface area (Å²) in [6.07, 6.45) is 0.989. The van der Waals surface area contributed by atoms with Crippen LogP contribution in [-0.4, -0.2) is 35.4 Å². The normalized spacial score (nSPS) is 17.3. The second kappa shape index (κ2) is 9.62. The zero-order valence-electron chi connectivity index (χ0n) is 17.6. The summed E-state index contributed by atoms with van der Waals surface area (Å²) in [6.45, 7) is 3.24. The van der Waals surface area contributed by atoms with E-state index in [1.165, 1.54) is 5.56 Å². The van der Waals surface area contributed by atoms with Crippen LogP contribution >= 0.6 is 0 Å². The lowest BCUT2D eigenvalue weighted by Crippen LogP contribution is -2.52. The van der Waals surface area contributed by atoms with Crippen LogP contribution < -0.4 is 15.6 Å². The molecule has 3 aromatic carbocycles. The predicted octanol–water partition coefficient (Wildman–Crippen LogP) is 3.42. The van der Waals surface area contributed by atoms with Crippen molar-refractivity contribution in [3.63, 3.8) is 0 Å². The number of hydrazine groups is 1. The van der Waals surface area contributed by atoms with Crippen LogP contribution in [0, 0.1) is 0 Å². The van der Waals surface area contributed by atoms with Gasteiger partial charge in [0.2, 0.25) is 0 Å². The summed E-state index contributed by atoms with van der Waals surface area (Å²) in [5, 5.41) is 2.15. The summed E-state index contributed by atoms with van der Waals surface area (Å²) in [5.41, 5.74) is 6.26. The van der Waals surface area contributed by atoms with Crippen LogP contribution in [0.15, 0.2) is 72.8 Å². The third-order valence-electron chi connectivity index (χ3n) is 5.61. The summed E-state index contributed by atoms with van der Waals surface area (Å²) in [7, 11) is 0. The van der Waals surface area contributed by atoms with Gasteiger partial charge in [0.25, 0.3) is 11.8 Å². The number of carbonyl (C=O) groups excluding carboxylic acids is 2. The second-order valence-electron chi connectivity index (χ2n) is 7.86. The Morgan fingerprint density at radius 2 is 1.74 bits per heavy atom. The van der Waals surface area contributed by atoms with Crippen molar-refractivity contribution in [1.29, 1.82) is 0 Å². The highest BCUT2D eigenvalue weighted by Crippen LogP contribution is 2.22. The lowest BCUT2D eigenvalue weighted by molar-refractivity contribution is -0.134. The fourth-order valence-electron chi connectivity index (χ4n) is 3.94. The van der Waals surface area contributed by atoms with E-state index < -0.39 is 12.0 Å². The first-order valence-electron chi connectivity index (χ1n) is 10.6. The molecule has 2 N–H and O–H groups in total. The Kier molecular flexibility index (Phi) is 6.48. The van der Waals surface area contributed by atoms with Gasteiger partial charge in [0.1, 0.15) is 5.75 Å². The van der Waals surface area contributed by atoms with Crippen LogP contribution in [0.4, 0.5) is 0 Å². The summed E-state index contributed by atoms with van der Waals surface area (Å²) in [5.74, 6) is 0.0197. The lowest BCUT2D eigenvalue weighted by Gasteiger charge is -2.24. The first kappa shape index (κ1) is 20.9. The smallest absolute Gasteiger partial charge is 0.279 e. The van der Waals surface area contributed by atoms with Crippen molar-refractivity contribution in [3.05, 3.63) is 78.4 Å². The number of benzene rings is 3. The number of amides is 2. The van der Waals surface area contributed by atoms with E-state index in [0.29, 0.717) is 12.3 Å². The third kappa shape index (κ3) is 5.22. The Morgan fingerprint density at radius 1 is 1.00 bits per heavy atom. The van der Waals surface area contributed by atoms with E-state index in [0.717, 1.165) is 30.2 Å². The molecule has 0 bridgehead atoms. The minimum absolute atomic E-state index is 0.195. The van der Waals surface area contributed by atoms with E-state index in [-0.39, 0.29) is 11.9 Å². The fourth-order valence-corrected chi connectivity index (χ4v) is 3.94. The predicted molar refractivity (Wildman–Crippen MR) is 120 cm³/mol. The van der Waals surface area contributed by atoms with Crippen LogP contribution in [0.2, 0.25) is 0 Å². The quantitative estimate of drug-likeness (QED) is 0.603. The average Bonchev–Trinajstić information content (AvgIpc) is 3.26. The van der Waals surface area contributed by atoms with Gasteiger partial charge in [-0.3, -0.25) is 25.3 Å². The molecule has 2 amide bonds. The molecule has 1 fully saturated rings. The highest BCUT2D eigenvalue weighted by molar-refractivity contribution is 5.87. The molecule has 1 aliphatic heterocycles. The summed E-state index contributed by atoms with van der Waals surface area (Å²) in [4.78, 5) is 27.3. The van der Waals surface area contributed by atoms with Crippen molar-refractivity contribution < 1.29 is 14.3 Å². The Hall–Kier alpha value is -3.38. The Balaban J connectivity index is 1.29. The average molecular weight is 418 g/mol. The second-order valence-corrected chi connectivity index (χ2v) is 7.86. The maximum Gasteiger partial charge on any atom is 0.279 e. The van der Waals surface area contributed by atoms with Gasteiger partial charge in [-0.25, -0.2) is 0 Å². The standard InChI is InChI=1S/C25H27N3O3/c1-18(31-22-14-13-20-10-5-6-11-21(20)16-22)24(29)26-27-25(30)23-12-7-15-28(23)17-19-8-3-2-4-9-19/h2-6,8-11,13-14,16,18,23H,7,12,15,17H2,1H3,(H,26,29)(H,27,30). The summed E-state index contributed by atoms with van der Waals surface area (Å²) in [6, 6.07) is 23.5. The van der Waals surface area contributed by atoms with Gasteiger partial charge >= 0.3 is 0 Å². The maximum atomic E-state index is 12.7. The largest absolute Gasteiger partial charge is 0.481 e. The van der Waals surface area contributed by atoms with Gasteiger partial charge in [-0.15, -0.1) is 0 Å². The molecule has 1 heterocycles. The molecule has 1 saturated heterocycles. The van der Waals surface area contributed by atoms with Crippen molar-refractivity contribution >= 4 is 22.6 Å². The van der Waals surface area contributed by atoms with Gasteiger partial charge in [-0.1, -0.05) is 60.7 Å². The van der Waals surface area contributed by atoms with Gasteiger partial charge < -0.3 is 4.74 Å². The molecule has 0 spiro atoms. The van der Waals surface area contributed by atoms with E-state index >= 15 is 0 Å². The molecule has 160 valence electrons. The minimum atomic E-state index is -0.745. The molecular weight excluding hydrogens is 390 g/mol. The zero-order valence-corrected chi connectivity index (χ0v) is 17.6. The van der Waals surface area contributed by atoms with Gasteiger partial charge in [0.05, 0.1) is 6.04 Å². The van der Waals surface area contributed by atoms with Crippen LogP contribution in [0.5, 0.6) is 5.75 Å². The molecule has 0 radical (unpaired) electrons. The fraction of sp³-hybridized carbons (Fsp3) is 0.280. The number of ether oxygens (including phenoxy) is 1. The van der Waals surface area contributed by atoms with E-state index in [1.807, 2.05) is 60.7 Å². The van der Waals surface area contributed by atoms with Gasteiger partial charge in [0.15, 0.2) is 6.10 Å². The Bertz CT molecular complexity index is 1050. The molecule has 3 aromatic rings. The number of hydrogen-bond acceptors (Lipinski definition) is 4. The molecule has 4 rings (SSSR count). The first-order chi connectivity index (χ1) is 15.1. The number of nitrogens with zero attached hydrogens (tertiary/aromatic N) is 1. The molecule has 0 saturated carbocycles. The molecule has 6 nitrogen and oxygen atoms in total. The monoisotopic (exact) mass is 417 g/mol. The minimum Gasteiger partial charge on any atom is -0.481 e. The number of nitrogens with one attached hydrogen (secondary N) is 2. The van der Waals surface area contributed by atoms with Crippen molar-refractivity contribution in [2.45, 2.75) is 38.5 Å². The van der Waals surface area contributed by atoms with E-state index in [4.69, 9.17) is 4.74 Å². The highest BCUT2D eigenvalue weighted by atomic mass is 16.5. The summed E-state index contributed by atoms with van der Waals surface area (Å²) < 4.78 is 5.77. The molecule has 0 aliphatic carbocycles. The van der Waals surface area contributed by atoms with E-state index in [2.05, 4.69) is 27.9 Å². The van der Waals surface area contributed by atoms with Gasteiger partial charge in [-0.2, -0.15) is 0 Å². The van der Waals surface area contributed by atoms with Crippen molar-refractivity contribution in [1.82, 2.24) is 15.8 Å². The Labute approximate surface area is 182 Å². The lowest BCUT2D eigenvalue weighted by atomic mass is 10.1. The van der Waals surface area contributed by atoms with Crippen LogP contribution in [-0.2, 0) is 16.1 Å². The SMILES string of the molecule is CC(Oc1ccc2ccccc2c1)C(=O)NNC(=O)C1CCCN1Cc1ccccc1. The number of rotatable bonds is 6. The molecule has 31 heavy (non-hydrogen) atoms.